The highest BCUT2D eigenvalue weighted by molar-refractivity contribution is 5.66. The fourth-order valence-corrected chi connectivity index (χ4v) is 1.29. The lowest BCUT2D eigenvalue weighted by molar-refractivity contribution is -0.137. The van der Waals surface area contributed by atoms with Gasteiger partial charge in [0.15, 0.2) is 0 Å². The maximum atomic E-state index is 10.3. The minimum Gasteiger partial charge on any atom is -0.481 e. The van der Waals surface area contributed by atoms with Crippen LogP contribution in [0.15, 0.2) is 36.5 Å². The van der Waals surface area contributed by atoms with E-state index in [0.29, 0.717) is 12.8 Å². The number of carboxylic acids is 1. The highest BCUT2D eigenvalue weighted by Gasteiger charge is 2.00. The fraction of sp³-hybridized carbons (Fsp3) is 0.500. The molecule has 0 aromatic carbocycles. The first-order chi connectivity index (χ1) is 8.16. The van der Waals surface area contributed by atoms with Crippen molar-refractivity contribution in [2.24, 2.45) is 0 Å². The molecular formula is C14H22O3. The molecule has 0 bridgehead atoms. The summed E-state index contributed by atoms with van der Waals surface area (Å²) in [5, 5.41) is 18.0. The van der Waals surface area contributed by atoms with Crippen LogP contribution >= 0.6 is 0 Å². The number of aliphatic carboxylic acids is 1. The Morgan fingerprint density at radius 3 is 2.65 bits per heavy atom. The zero-order chi connectivity index (χ0) is 12.9. The SMILES string of the molecule is CC=CCC=CC=CC(O)CCCCC(=O)O. The first kappa shape index (κ1) is 15.7. The van der Waals surface area contributed by atoms with E-state index in [1.54, 1.807) is 6.08 Å². The molecule has 17 heavy (non-hydrogen) atoms. The van der Waals surface area contributed by atoms with Crippen LogP contribution in [0.5, 0.6) is 0 Å². The van der Waals surface area contributed by atoms with Crippen molar-refractivity contribution in [3.05, 3.63) is 36.5 Å². The molecule has 2 N–H and O–H groups in total. The lowest BCUT2D eigenvalue weighted by Gasteiger charge is -2.03. The van der Waals surface area contributed by atoms with Crippen molar-refractivity contribution in [2.45, 2.75) is 45.1 Å². The molecule has 0 amide bonds. The number of allylic oxidation sites excluding steroid dienone is 5. The Bertz CT molecular complexity index is 277. The average molecular weight is 238 g/mol. The van der Waals surface area contributed by atoms with Crippen molar-refractivity contribution < 1.29 is 15.0 Å². The number of aliphatic hydroxyl groups excluding tert-OH is 1. The third-order valence-electron chi connectivity index (χ3n) is 2.23. The van der Waals surface area contributed by atoms with Gasteiger partial charge in [0.2, 0.25) is 0 Å². The van der Waals surface area contributed by atoms with Gasteiger partial charge < -0.3 is 10.2 Å². The summed E-state index contributed by atoms with van der Waals surface area (Å²) in [5.41, 5.74) is 0. The summed E-state index contributed by atoms with van der Waals surface area (Å²) in [6.07, 6.45) is 14.1. The molecule has 1 atom stereocenters. The highest BCUT2D eigenvalue weighted by Crippen LogP contribution is 2.04. The van der Waals surface area contributed by atoms with Crippen molar-refractivity contribution in [3.63, 3.8) is 0 Å². The summed E-state index contributed by atoms with van der Waals surface area (Å²) in [7, 11) is 0. The third kappa shape index (κ3) is 12.6. The van der Waals surface area contributed by atoms with Crippen LogP contribution in [0.1, 0.15) is 39.0 Å². The van der Waals surface area contributed by atoms with Crippen LogP contribution in [0.25, 0.3) is 0 Å². The van der Waals surface area contributed by atoms with Gasteiger partial charge in [0, 0.05) is 6.42 Å². The van der Waals surface area contributed by atoms with Gasteiger partial charge in [-0.1, -0.05) is 36.5 Å². The second kappa shape index (κ2) is 11.1. The van der Waals surface area contributed by atoms with Gasteiger partial charge in [-0.15, -0.1) is 0 Å². The van der Waals surface area contributed by atoms with Crippen molar-refractivity contribution in [1.82, 2.24) is 0 Å². The van der Waals surface area contributed by atoms with Crippen LogP contribution in [-0.4, -0.2) is 22.3 Å². The minimum atomic E-state index is -0.776. The number of hydrogen-bond acceptors (Lipinski definition) is 2. The Kier molecular flexibility index (Phi) is 10.3. The molecule has 3 heteroatoms. The first-order valence-electron chi connectivity index (χ1n) is 6.01. The van der Waals surface area contributed by atoms with Gasteiger partial charge in [-0.2, -0.15) is 0 Å². The molecule has 0 aliphatic carbocycles. The Balaban J connectivity index is 3.56. The number of hydrogen-bond donors (Lipinski definition) is 2. The number of carbonyl (C=O) groups is 1. The van der Waals surface area contributed by atoms with E-state index in [9.17, 15) is 9.90 Å². The standard InChI is InChI=1S/C14H22O3/c1-2-3-4-5-6-7-10-13(15)11-8-9-12-14(16)17/h2-3,5-7,10,13,15H,4,8-9,11-12H2,1H3,(H,16,17). The highest BCUT2D eigenvalue weighted by atomic mass is 16.4. The first-order valence-corrected chi connectivity index (χ1v) is 6.01. The van der Waals surface area contributed by atoms with Gasteiger partial charge in [-0.05, 0) is 32.6 Å². The molecule has 0 aromatic rings. The summed E-state index contributed by atoms with van der Waals surface area (Å²) in [4.78, 5) is 10.3. The molecule has 0 saturated carbocycles. The summed E-state index contributed by atoms with van der Waals surface area (Å²) in [6.45, 7) is 1.98. The Morgan fingerprint density at radius 1 is 1.24 bits per heavy atom. The zero-order valence-corrected chi connectivity index (χ0v) is 10.4. The van der Waals surface area contributed by atoms with Crippen LogP contribution in [0.3, 0.4) is 0 Å². The normalized spacial score (nSPS) is 14.0. The van der Waals surface area contributed by atoms with Crippen LogP contribution < -0.4 is 0 Å². The van der Waals surface area contributed by atoms with Gasteiger partial charge >= 0.3 is 5.97 Å². The molecule has 0 spiro atoms. The quantitative estimate of drug-likeness (QED) is 0.369. The van der Waals surface area contributed by atoms with Crippen molar-refractivity contribution >= 4 is 5.97 Å². The molecule has 0 aliphatic heterocycles. The van der Waals surface area contributed by atoms with Gasteiger partial charge in [-0.25, -0.2) is 0 Å². The third-order valence-corrected chi connectivity index (χ3v) is 2.23. The molecule has 96 valence electrons. The van der Waals surface area contributed by atoms with Gasteiger partial charge in [0.05, 0.1) is 6.10 Å². The molecule has 0 saturated heterocycles. The smallest absolute Gasteiger partial charge is 0.303 e. The van der Waals surface area contributed by atoms with E-state index in [1.165, 1.54) is 0 Å². The molecular weight excluding hydrogens is 216 g/mol. The zero-order valence-electron chi connectivity index (χ0n) is 10.4. The maximum absolute atomic E-state index is 10.3. The van der Waals surface area contributed by atoms with Crippen LogP contribution in [0.2, 0.25) is 0 Å². The van der Waals surface area contributed by atoms with Crippen molar-refractivity contribution in [2.75, 3.05) is 0 Å². The molecule has 3 nitrogen and oxygen atoms in total. The molecule has 0 radical (unpaired) electrons. The van der Waals surface area contributed by atoms with E-state index in [-0.39, 0.29) is 6.42 Å². The predicted octanol–water partition coefficient (Wildman–Crippen LogP) is 3.07. The van der Waals surface area contributed by atoms with Crippen molar-refractivity contribution in [3.8, 4) is 0 Å². The van der Waals surface area contributed by atoms with Crippen molar-refractivity contribution in [1.29, 1.82) is 0 Å². The summed E-state index contributed by atoms with van der Waals surface area (Å²) < 4.78 is 0. The number of rotatable bonds is 9. The summed E-state index contributed by atoms with van der Waals surface area (Å²) in [5.74, 6) is -0.776. The van der Waals surface area contributed by atoms with Crippen LogP contribution in [0, 0.1) is 0 Å². The largest absolute Gasteiger partial charge is 0.481 e. The number of carboxylic acid groups (broad SMARTS) is 1. The Hall–Kier alpha value is -1.35. The Morgan fingerprint density at radius 2 is 2.00 bits per heavy atom. The van der Waals surface area contributed by atoms with Gasteiger partial charge in [0.1, 0.15) is 0 Å². The Labute approximate surface area is 103 Å². The summed E-state index contributed by atoms with van der Waals surface area (Å²) >= 11 is 0. The monoisotopic (exact) mass is 238 g/mol. The molecule has 0 fully saturated rings. The van der Waals surface area contributed by atoms with E-state index < -0.39 is 12.1 Å². The molecule has 0 aromatic heterocycles. The summed E-state index contributed by atoms with van der Waals surface area (Å²) in [6, 6.07) is 0. The number of unbranched alkanes of at least 4 members (excludes halogenated alkanes) is 1. The lowest BCUT2D eigenvalue weighted by Crippen LogP contribution is -2.02. The second-order valence-corrected chi connectivity index (χ2v) is 3.82. The fourth-order valence-electron chi connectivity index (χ4n) is 1.29. The van der Waals surface area contributed by atoms with Crippen LogP contribution in [-0.2, 0) is 4.79 Å². The van der Waals surface area contributed by atoms with E-state index in [1.807, 2.05) is 37.3 Å². The van der Waals surface area contributed by atoms with Gasteiger partial charge in [-0.3, -0.25) is 4.79 Å². The van der Waals surface area contributed by atoms with E-state index in [2.05, 4.69) is 0 Å². The number of aliphatic hydroxyl groups is 1. The topological polar surface area (TPSA) is 57.5 Å². The maximum Gasteiger partial charge on any atom is 0.303 e. The lowest BCUT2D eigenvalue weighted by atomic mass is 10.1. The molecule has 0 rings (SSSR count). The second-order valence-electron chi connectivity index (χ2n) is 3.82. The molecule has 0 heterocycles. The van der Waals surface area contributed by atoms with E-state index >= 15 is 0 Å². The molecule has 0 aliphatic rings. The average Bonchev–Trinajstić information content (AvgIpc) is 2.29. The van der Waals surface area contributed by atoms with E-state index in [0.717, 1.165) is 12.8 Å². The van der Waals surface area contributed by atoms with E-state index in [4.69, 9.17) is 5.11 Å². The minimum absolute atomic E-state index is 0.180. The van der Waals surface area contributed by atoms with Gasteiger partial charge in [0.25, 0.3) is 0 Å². The van der Waals surface area contributed by atoms with Crippen LogP contribution in [0.4, 0.5) is 0 Å². The predicted molar refractivity (Wildman–Crippen MR) is 69.8 cm³/mol. The molecule has 1 unspecified atom stereocenters.